The lowest BCUT2D eigenvalue weighted by atomic mass is 9.95. The number of rotatable bonds is 7. The summed E-state index contributed by atoms with van der Waals surface area (Å²) >= 11 is 0. The van der Waals surface area contributed by atoms with E-state index in [0.29, 0.717) is 38.2 Å². The Morgan fingerprint density at radius 1 is 0.909 bits per heavy atom. The highest BCUT2D eigenvalue weighted by Gasteiger charge is 2.27. The van der Waals surface area contributed by atoms with Gasteiger partial charge in [-0.25, -0.2) is 0 Å². The van der Waals surface area contributed by atoms with Crippen LogP contribution >= 0.6 is 0 Å². The summed E-state index contributed by atoms with van der Waals surface area (Å²) in [6.45, 7) is 3.78. The van der Waals surface area contributed by atoms with E-state index in [9.17, 15) is 9.59 Å². The molecule has 5 nitrogen and oxygen atoms in total. The Kier molecular flexibility index (Phi) is 7.40. The monoisotopic (exact) mass is 442 g/mol. The molecule has 1 N–H and O–H groups in total. The van der Waals surface area contributed by atoms with Crippen molar-refractivity contribution >= 4 is 11.8 Å². The van der Waals surface area contributed by atoms with Gasteiger partial charge in [0.1, 0.15) is 5.75 Å². The number of hydrogen-bond donors (Lipinski definition) is 1. The van der Waals surface area contributed by atoms with Crippen molar-refractivity contribution < 1.29 is 14.3 Å². The van der Waals surface area contributed by atoms with Crippen LogP contribution in [0.2, 0.25) is 0 Å². The number of benzene rings is 3. The molecule has 3 aromatic rings. The molecule has 0 atom stereocenters. The van der Waals surface area contributed by atoms with Gasteiger partial charge >= 0.3 is 0 Å². The van der Waals surface area contributed by atoms with E-state index in [1.54, 1.807) is 4.90 Å². The minimum absolute atomic E-state index is 0.0259. The molecule has 0 radical (unpaired) electrons. The number of amides is 2. The molecule has 1 heterocycles. The van der Waals surface area contributed by atoms with E-state index in [-0.39, 0.29) is 24.3 Å². The lowest BCUT2D eigenvalue weighted by Crippen LogP contribution is -2.44. The number of carbonyl (C=O) groups excluding carboxylic acids is 2. The molecular formula is C28H30N2O3. The SMILES string of the molecule is Cc1cccc(-c2cccc(CNC(=O)C3CCN(C(=O)COc4ccccc4)CC3)c2)c1. The number of carbonyl (C=O) groups is 2. The van der Waals surface area contributed by atoms with Crippen molar-refractivity contribution in [2.24, 2.45) is 5.92 Å². The van der Waals surface area contributed by atoms with Crippen LogP contribution in [0, 0.1) is 12.8 Å². The van der Waals surface area contributed by atoms with Gasteiger partial charge in [0.2, 0.25) is 5.91 Å². The molecule has 1 saturated heterocycles. The van der Waals surface area contributed by atoms with Gasteiger partial charge in [-0.2, -0.15) is 0 Å². The average Bonchev–Trinajstić information content (AvgIpc) is 2.87. The van der Waals surface area contributed by atoms with Crippen molar-refractivity contribution in [3.8, 4) is 16.9 Å². The predicted molar refractivity (Wildman–Crippen MR) is 130 cm³/mol. The van der Waals surface area contributed by atoms with Gasteiger partial charge in [0.15, 0.2) is 6.61 Å². The van der Waals surface area contributed by atoms with Gasteiger partial charge in [-0.05, 0) is 54.7 Å². The number of piperidine rings is 1. The van der Waals surface area contributed by atoms with Crippen LogP contribution < -0.4 is 10.1 Å². The summed E-state index contributed by atoms with van der Waals surface area (Å²) in [5.41, 5.74) is 4.63. The Morgan fingerprint density at radius 2 is 1.61 bits per heavy atom. The van der Waals surface area contributed by atoms with E-state index in [1.807, 2.05) is 42.5 Å². The lowest BCUT2D eigenvalue weighted by molar-refractivity contribution is -0.137. The third-order valence-corrected chi connectivity index (χ3v) is 6.07. The minimum atomic E-state index is -0.0657. The summed E-state index contributed by atoms with van der Waals surface area (Å²) in [5, 5.41) is 3.08. The fourth-order valence-electron chi connectivity index (χ4n) is 4.16. The van der Waals surface area contributed by atoms with Crippen LogP contribution in [-0.2, 0) is 16.1 Å². The van der Waals surface area contributed by atoms with E-state index in [0.717, 1.165) is 11.1 Å². The summed E-state index contributed by atoms with van der Waals surface area (Å²) in [5.74, 6) is 0.643. The number of nitrogens with one attached hydrogen (secondary N) is 1. The first-order valence-electron chi connectivity index (χ1n) is 11.5. The minimum Gasteiger partial charge on any atom is -0.484 e. The second kappa shape index (κ2) is 10.8. The van der Waals surface area contributed by atoms with Gasteiger partial charge in [0.25, 0.3) is 5.91 Å². The largest absolute Gasteiger partial charge is 0.484 e. The van der Waals surface area contributed by atoms with E-state index in [1.165, 1.54) is 11.1 Å². The highest BCUT2D eigenvalue weighted by molar-refractivity contribution is 5.80. The van der Waals surface area contributed by atoms with Gasteiger partial charge in [-0.3, -0.25) is 9.59 Å². The van der Waals surface area contributed by atoms with Gasteiger partial charge in [-0.15, -0.1) is 0 Å². The molecular weight excluding hydrogens is 412 g/mol. The predicted octanol–water partition coefficient (Wildman–Crippen LogP) is 4.60. The summed E-state index contributed by atoms with van der Waals surface area (Å²) in [6.07, 6.45) is 1.35. The maximum Gasteiger partial charge on any atom is 0.260 e. The number of aryl methyl sites for hydroxylation is 1. The fourth-order valence-corrected chi connectivity index (χ4v) is 4.16. The topological polar surface area (TPSA) is 58.6 Å². The molecule has 0 unspecified atom stereocenters. The van der Waals surface area contributed by atoms with Crippen molar-refractivity contribution in [2.75, 3.05) is 19.7 Å². The van der Waals surface area contributed by atoms with E-state index < -0.39 is 0 Å². The van der Waals surface area contributed by atoms with Crippen LogP contribution in [0.3, 0.4) is 0 Å². The molecule has 1 aliphatic rings. The number of hydrogen-bond acceptors (Lipinski definition) is 3. The van der Waals surface area contributed by atoms with Crippen molar-refractivity contribution in [1.82, 2.24) is 10.2 Å². The smallest absolute Gasteiger partial charge is 0.260 e. The fraction of sp³-hybridized carbons (Fsp3) is 0.286. The van der Waals surface area contributed by atoms with Gasteiger partial charge < -0.3 is 15.0 Å². The Labute approximate surface area is 195 Å². The van der Waals surface area contributed by atoms with Crippen LogP contribution in [0.4, 0.5) is 0 Å². The molecule has 0 spiro atoms. The van der Waals surface area contributed by atoms with Gasteiger partial charge in [0.05, 0.1) is 0 Å². The Hall–Kier alpha value is -3.60. The lowest BCUT2D eigenvalue weighted by Gasteiger charge is -2.31. The average molecular weight is 443 g/mol. The molecule has 0 saturated carbocycles. The Morgan fingerprint density at radius 3 is 2.33 bits per heavy atom. The highest BCUT2D eigenvalue weighted by atomic mass is 16.5. The zero-order valence-corrected chi connectivity index (χ0v) is 19.0. The van der Waals surface area contributed by atoms with Gasteiger partial charge in [-0.1, -0.05) is 66.2 Å². The first kappa shape index (κ1) is 22.6. The summed E-state index contributed by atoms with van der Waals surface area (Å²) < 4.78 is 5.56. The van der Waals surface area contributed by atoms with Crippen LogP contribution in [0.5, 0.6) is 5.75 Å². The molecule has 1 aliphatic heterocycles. The molecule has 4 rings (SSSR count). The van der Waals surface area contributed by atoms with Crippen LogP contribution in [-0.4, -0.2) is 36.4 Å². The molecule has 2 amide bonds. The third-order valence-electron chi connectivity index (χ3n) is 6.07. The van der Waals surface area contributed by atoms with Crippen LogP contribution in [0.15, 0.2) is 78.9 Å². The quantitative estimate of drug-likeness (QED) is 0.582. The number of para-hydroxylation sites is 1. The van der Waals surface area contributed by atoms with Crippen molar-refractivity contribution in [2.45, 2.75) is 26.3 Å². The molecule has 0 aliphatic carbocycles. The number of nitrogens with zero attached hydrogens (tertiary/aromatic N) is 1. The number of ether oxygens (including phenoxy) is 1. The first-order valence-corrected chi connectivity index (χ1v) is 11.5. The van der Waals surface area contributed by atoms with Crippen LogP contribution in [0.25, 0.3) is 11.1 Å². The summed E-state index contributed by atoms with van der Waals surface area (Å²) in [4.78, 5) is 26.9. The normalized spacial score (nSPS) is 14.0. The summed E-state index contributed by atoms with van der Waals surface area (Å²) in [7, 11) is 0. The standard InChI is InChI=1S/C28H30N2O3/c1-21-7-5-9-24(17-21)25-10-6-8-22(18-25)19-29-28(32)23-13-15-30(16-14-23)27(31)20-33-26-11-3-2-4-12-26/h2-12,17-18,23H,13-16,19-20H2,1H3,(H,29,32). The molecule has 33 heavy (non-hydrogen) atoms. The van der Waals surface area contributed by atoms with Crippen molar-refractivity contribution in [3.63, 3.8) is 0 Å². The first-order chi connectivity index (χ1) is 16.1. The maximum absolute atomic E-state index is 12.7. The van der Waals surface area contributed by atoms with E-state index in [2.05, 4.69) is 48.6 Å². The molecule has 0 aromatic heterocycles. The Bertz CT molecular complexity index is 1090. The second-order valence-electron chi connectivity index (χ2n) is 8.54. The zero-order valence-electron chi connectivity index (χ0n) is 19.0. The Balaban J connectivity index is 1.23. The third kappa shape index (κ3) is 6.22. The molecule has 170 valence electrons. The molecule has 3 aromatic carbocycles. The van der Waals surface area contributed by atoms with E-state index >= 15 is 0 Å². The maximum atomic E-state index is 12.7. The molecule has 5 heteroatoms. The molecule has 0 bridgehead atoms. The molecule has 1 fully saturated rings. The zero-order chi connectivity index (χ0) is 23.0. The highest BCUT2D eigenvalue weighted by Crippen LogP contribution is 2.22. The van der Waals surface area contributed by atoms with Crippen molar-refractivity contribution in [3.05, 3.63) is 90.0 Å². The van der Waals surface area contributed by atoms with Gasteiger partial charge in [0, 0.05) is 25.6 Å². The van der Waals surface area contributed by atoms with E-state index in [4.69, 9.17) is 4.74 Å². The van der Waals surface area contributed by atoms with Crippen molar-refractivity contribution in [1.29, 1.82) is 0 Å². The summed E-state index contributed by atoms with van der Waals surface area (Å²) in [6, 6.07) is 26.0. The van der Waals surface area contributed by atoms with Crippen LogP contribution in [0.1, 0.15) is 24.0 Å². The number of likely N-dealkylation sites (tertiary alicyclic amines) is 1. The second-order valence-corrected chi connectivity index (χ2v) is 8.54.